The van der Waals surface area contributed by atoms with Crippen molar-refractivity contribution in [2.45, 2.75) is 12.6 Å². The summed E-state index contributed by atoms with van der Waals surface area (Å²) in [6, 6.07) is 3.07. The molecule has 0 aliphatic heterocycles. The highest BCUT2D eigenvalue weighted by Crippen LogP contribution is 2.28. The number of rotatable bonds is 2. The molecule has 1 aromatic rings. The van der Waals surface area contributed by atoms with Gasteiger partial charge in [0.15, 0.2) is 10.3 Å². The van der Waals surface area contributed by atoms with Crippen LogP contribution in [0.3, 0.4) is 0 Å². The molecule has 0 saturated heterocycles. The second-order valence-electron chi connectivity index (χ2n) is 2.46. The van der Waals surface area contributed by atoms with Crippen molar-refractivity contribution < 1.29 is 13.9 Å². The first-order valence-electron chi connectivity index (χ1n) is 3.12. The van der Waals surface area contributed by atoms with Crippen molar-refractivity contribution in [3.8, 4) is 0 Å². The zero-order chi connectivity index (χ0) is 8.48. The number of furan rings is 1. The van der Waals surface area contributed by atoms with Crippen LogP contribution in [0.1, 0.15) is 12.7 Å². The number of aliphatic hydroxyl groups excluding tert-OH is 1. The molecule has 0 fully saturated rings. The smallest absolute Gasteiger partial charge is 0.188 e. The maximum Gasteiger partial charge on any atom is 0.188 e. The molecule has 0 radical (unpaired) electrons. The number of hydrogen-bond acceptors (Lipinski definition) is 2. The van der Waals surface area contributed by atoms with E-state index in [1.54, 1.807) is 6.07 Å². The minimum absolute atomic E-state index is 0.131. The summed E-state index contributed by atoms with van der Waals surface area (Å²) in [6.07, 6.45) is 0. The fraction of sp³-hybridized carbons (Fsp3) is 0.429. The summed E-state index contributed by atoms with van der Waals surface area (Å²) in [5.41, 5.74) is -1.79. The van der Waals surface area contributed by atoms with Crippen LogP contribution < -0.4 is 0 Å². The quantitative estimate of drug-likeness (QED) is 0.833. The summed E-state index contributed by atoms with van der Waals surface area (Å²) in [5.74, 6) is 0.131. The Bertz CT molecular complexity index is 244. The highest BCUT2D eigenvalue weighted by Gasteiger charge is 2.28. The molecular formula is C7H8BrFO2. The second-order valence-corrected chi connectivity index (χ2v) is 3.24. The van der Waals surface area contributed by atoms with Gasteiger partial charge in [0.25, 0.3) is 0 Å². The van der Waals surface area contributed by atoms with Crippen LogP contribution in [0.15, 0.2) is 21.2 Å². The van der Waals surface area contributed by atoms with E-state index in [0.717, 1.165) is 0 Å². The Morgan fingerprint density at radius 2 is 2.36 bits per heavy atom. The lowest BCUT2D eigenvalue weighted by atomic mass is 10.1. The standard InChI is InChI=1S/C7H8BrFO2/c1-7(9,4-10)5-2-3-6(8)11-5/h2-3,10H,4H2,1H3. The molecule has 0 amide bonds. The molecule has 4 heteroatoms. The van der Waals surface area contributed by atoms with Crippen LogP contribution in [0.4, 0.5) is 4.39 Å². The molecule has 1 heterocycles. The number of alkyl halides is 1. The minimum Gasteiger partial charge on any atom is -0.451 e. The van der Waals surface area contributed by atoms with E-state index in [9.17, 15) is 4.39 Å². The molecule has 62 valence electrons. The third kappa shape index (κ3) is 1.81. The first-order chi connectivity index (χ1) is 5.06. The molecule has 1 unspecified atom stereocenters. The van der Waals surface area contributed by atoms with Gasteiger partial charge in [-0.2, -0.15) is 0 Å². The number of halogens is 2. The summed E-state index contributed by atoms with van der Waals surface area (Å²) >= 11 is 3.04. The van der Waals surface area contributed by atoms with Crippen molar-refractivity contribution >= 4 is 15.9 Å². The molecule has 1 N–H and O–H groups in total. The molecule has 0 aliphatic rings. The zero-order valence-electron chi connectivity index (χ0n) is 5.97. The van der Waals surface area contributed by atoms with Crippen LogP contribution in [-0.4, -0.2) is 11.7 Å². The number of hydrogen-bond donors (Lipinski definition) is 1. The molecule has 1 atom stereocenters. The average Bonchev–Trinajstić information content (AvgIpc) is 2.36. The topological polar surface area (TPSA) is 33.4 Å². The lowest BCUT2D eigenvalue weighted by molar-refractivity contribution is 0.0646. The van der Waals surface area contributed by atoms with Crippen LogP contribution in [-0.2, 0) is 5.67 Å². The predicted octanol–water partition coefficient (Wildman–Crippen LogP) is 2.22. The Balaban J connectivity index is 2.92. The van der Waals surface area contributed by atoms with E-state index >= 15 is 0 Å². The van der Waals surface area contributed by atoms with Gasteiger partial charge in [-0.3, -0.25) is 0 Å². The first kappa shape index (κ1) is 8.74. The predicted molar refractivity (Wildman–Crippen MR) is 42.0 cm³/mol. The highest BCUT2D eigenvalue weighted by molar-refractivity contribution is 9.10. The van der Waals surface area contributed by atoms with Gasteiger partial charge in [0, 0.05) is 0 Å². The normalized spacial score (nSPS) is 16.4. The van der Waals surface area contributed by atoms with E-state index in [1.165, 1.54) is 13.0 Å². The Hall–Kier alpha value is -0.350. The zero-order valence-corrected chi connectivity index (χ0v) is 7.56. The van der Waals surface area contributed by atoms with E-state index < -0.39 is 12.3 Å². The van der Waals surface area contributed by atoms with Gasteiger partial charge in [0.05, 0.1) is 6.61 Å². The fourth-order valence-electron chi connectivity index (χ4n) is 0.672. The second kappa shape index (κ2) is 2.95. The van der Waals surface area contributed by atoms with E-state index in [1.807, 2.05) is 0 Å². The molecule has 0 aromatic carbocycles. The van der Waals surface area contributed by atoms with Gasteiger partial charge in [-0.25, -0.2) is 4.39 Å². The highest BCUT2D eigenvalue weighted by atomic mass is 79.9. The van der Waals surface area contributed by atoms with Crippen LogP contribution in [0.25, 0.3) is 0 Å². The lowest BCUT2D eigenvalue weighted by Gasteiger charge is -2.12. The van der Waals surface area contributed by atoms with Gasteiger partial charge in [0.1, 0.15) is 5.76 Å². The van der Waals surface area contributed by atoms with Crippen LogP contribution in [0.2, 0.25) is 0 Å². The van der Waals surface area contributed by atoms with Crippen molar-refractivity contribution in [2.75, 3.05) is 6.61 Å². The van der Waals surface area contributed by atoms with Gasteiger partial charge < -0.3 is 9.52 Å². The van der Waals surface area contributed by atoms with E-state index in [4.69, 9.17) is 9.52 Å². The fourth-order valence-corrected chi connectivity index (χ4v) is 0.979. The molecule has 0 saturated carbocycles. The summed E-state index contributed by atoms with van der Waals surface area (Å²) in [4.78, 5) is 0. The summed E-state index contributed by atoms with van der Waals surface area (Å²) in [5, 5.41) is 8.61. The number of aliphatic hydroxyl groups is 1. The van der Waals surface area contributed by atoms with Crippen LogP contribution in [0.5, 0.6) is 0 Å². The average molecular weight is 223 g/mol. The van der Waals surface area contributed by atoms with Crippen molar-refractivity contribution in [3.63, 3.8) is 0 Å². The van der Waals surface area contributed by atoms with Gasteiger partial charge in [0.2, 0.25) is 0 Å². The minimum atomic E-state index is -1.79. The lowest BCUT2D eigenvalue weighted by Crippen LogP contribution is -2.19. The van der Waals surface area contributed by atoms with E-state index in [0.29, 0.717) is 4.67 Å². The SMILES string of the molecule is CC(F)(CO)c1ccc(Br)o1. The van der Waals surface area contributed by atoms with Crippen molar-refractivity contribution in [2.24, 2.45) is 0 Å². The van der Waals surface area contributed by atoms with Crippen LogP contribution >= 0.6 is 15.9 Å². The molecule has 0 bridgehead atoms. The molecule has 1 rings (SSSR count). The van der Waals surface area contributed by atoms with Gasteiger partial charge in [-0.1, -0.05) is 0 Å². The van der Waals surface area contributed by atoms with E-state index in [2.05, 4.69) is 15.9 Å². The maximum atomic E-state index is 13.2. The molecule has 1 aromatic heterocycles. The van der Waals surface area contributed by atoms with Crippen molar-refractivity contribution in [1.29, 1.82) is 0 Å². The Morgan fingerprint density at radius 3 is 2.73 bits per heavy atom. The Kier molecular flexibility index (Phi) is 2.34. The van der Waals surface area contributed by atoms with Crippen molar-refractivity contribution in [3.05, 3.63) is 22.6 Å². The summed E-state index contributed by atoms with van der Waals surface area (Å²) in [7, 11) is 0. The third-order valence-corrected chi connectivity index (χ3v) is 1.81. The molecule has 0 spiro atoms. The molecule has 2 nitrogen and oxygen atoms in total. The van der Waals surface area contributed by atoms with Gasteiger partial charge in [-0.05, 0) is 35.0 Å². The monoisotopic (exact) mass is 222 g/mol. The van der Waals surface area contributed by atoms with Gasteiger partial charge in [-0.15, -0.1) is 0 Å². The molecular weight excluding hydrogens is 215 g/mol. The van der Waals surface area contributed by atoms with Crippen molar-refractivity contribution in [1.82, 2.24) is 0 Å². The molecule has 11 heavy (non-hydrogen) atoms. The van der Waals surface area contributed by atoms with Gasteiger partial charge >= 0.3 is 0 Å². The summed E-state index contributed by atoms with van der Waals surface area (Å²) in [6.45, 7) is 0.686. The summed E-state index contributed by atoms with van der Waals surface area (Å²) < 4.78 is 18.6. The molecule has 0 aliphatic carbocycles. The maximum absolute atomic E-state index is 13.2. The largest absolute Gasteiger partial charge is 0.451 e. The first-order valence-corrected chi connectivity index (χ1v) is 3.91. The van der Waals surface area contributed by atoms with Crippen LogP contribution in [0, 0.1) is 0 Å². The Morgan fingerprint density at radius 1 is 1.73 bits per heavy atom. The third-order valence-electron chi connectivity index (χ3n) is 1.38. The van der Waals surface area contributed by atoms with E-state index in [-0.39, 0.29) is 5.76 Å². The Labute approximate surface area is 72.1 Å².